The van der Waals surface area contributed by atoms with E-state index in [9.17, 15) is 32.5 Å². The molecule has 1 aliphatic carbocycles. The first kappa shape index (κ1) is 16.2. The molecule has 2 rings (SSSR count). The minimum Gasteiger partial charge on any atom is -0.406 e. The van der Waals surface area contributed by atoms with Crippen molar-refractivity contribution < 1.29 is 32.0 Å². The zero-order valence-corrected chi connectivity index (χ0v) is 11.2. The standard InChI is InChI=1S/C13H11F4NO4/c14-10-5-4-8(22-13(15,16)17)7-9(10)12(18(20)21)6-2-1-3-11(12)19/h4-5,7H,1-3,6H2. The predicted octanol–water partition coefficient (Wildman–Crippen LogP) is 3.34. The highest BCUT2D eigenvalue weighted by Gasteiger charge is 2.54. The molecule has 0 saturated heterocycles. The van der Waals surface area contributed by atoms with Gasteiger partial charge in [0, 0.05) is 17.8 Å². The van der Waals surface area contributed by atoms with Crippen LogP contribution in [-0.4, -0.2) is 17.1 Å². The van der Waals surface area contributed by atoms with Crippen LogP contribution in [0.4, 0.5) is 17.6 Å². The molecule has 1 aliphatic rings. The van der Waals surface area contributed by atoms with Gasteiger partial charge in [-0.15, -0.1) is 13.2 Å². The van der Waals surface area contributed by atoms with Crippen molar-refractivity contribution in [2.24, 2.45) is 0 Å². The summed E-state index contributed by atoms with van der Waals surface area (Å²) in [5.74, 6) is -2.73. The van der Waals surface area contributed by atoms with Gasteiger partial charge >= 0.3 is 11.9 Å². The van der Waals surface area contributed by atoms with E-state index in [4.69, 9.17) is 0 Å². The number of hydrogen-bond acceptors (Lipinski definition) is 4. The van der Waals surface area contributed by atoms with E-state index in [0.29, 0.717) is 31.0 Å². The van der Waals surface area contributed by atoms with E-state index in [2.05, 4.69) is 4.74 Å². The van der Waals surface area contributed by atoms with Crippen LogP contribution >= 0.6 is 0 Å². The summed E-state index contributed by atoms with van der Waals surface area (Å²) in [4.78, 5) is 22.5. The van der Waals surface area contributed by atoms with E-state index in [1.54, 1.807) is 0 Å². The summed E-state index contributed by atoms with van der Waals surface area (Å²) in [6.45, 7) is 0. The Kier molecular flexibility index (Phi) is 4.08. The Morgan fingerprint density at radius 3 is 2.50 bits per heavy atom. The molecule has 1 saturated carbocycles. The molecule has 0 radical (unpaired) electrons. The molecule has 0 amide bonds. The summed E-state index contributed by atoms with van der Waals surface area (Å²) in [7, 11) is 0. The van der Waals surface area contributed by atoms with Crippen molar-refractivity contribution in [3.05, 3.63) is 39.7 Å². The maximum absolute atomic E-state index is 14.0. The zero-order chi connectivity index (χ0) is 16.5. The largest absolute Gasteiger partial charge is 0.573 e. The number of alkyl halides is 3. The third kappa shape index (κ3) is 2.88. The first-order chi connectivity index (χ1) is 10.2. The van der Waals surface area contributed by atoms with Crippen molar-refractivity contribution in [1.29, 1.82) is 0 Å². The molecule has 0 heterocycles. The summed E-state index contributed by atoms with van der Waals surface area (Å²) in [5.41, 5.74) is -3.04. The van der Waals surface area contributed by atoms with Gasteiger partial charge in [-0.2, -0.15) is 0 Å². The molecule has 0 bridgehead atoms. The summed E-state index contributed by atoms with van der Waals surface area (Å²) >= 11 is 0. The molecule has 0 aliphatic heterocycles. The third-order valence-electron chi connectivity index (χ3n) is 3.58. The maximum Gasteiger partial charge on any atom is 0.573 e. The Morgan fingerprint density at radius 2 is 1.95 bits per heavy atom. The molecule has 1 aromatic carbocycles. The SMILES string of the molecule is O=C1CCCCC1(c1cc(OC(F)(F)F)ccc1F)[N+](=O)[O-]. The van der Waals surface area contributed by atoms with Gasteiger partial charge in [-0.1, -0.05) is 0 Å². The molecule has 9 heteroatoms. The van der Waals surface area contributed by atoms with Crippen LogP contribution in [0.15, 0.2) is 18.2 Å². The molecule has 1 atom stereocenters. The van der Waals surface area contributed by atoms with Crippen molar-refractivity contribution in [2.75, 3.05) is 0 Å². The summed E-state index contributed by atoms with van der Waals surface area (Å²) in [6, 6.07) is 1.91. The average Bonchev–Trinajstić information content (AvgIpc) is 2.40. The van der Waals surface area contributed by atoms with Crippen LogP contribution in [0, 0.1) is 15.9 Å². The zero-order valence-electron chi connectivity index (χ0n) is 11.2. The lowest BCUT2D eigenvalue weighted by atomic mass is 9.76. The van der Waals surface area contributed by atoms with E-state index in [-0.39, 0.29) is 12.8 Å². The molecule has 1 fully saturated rings. The van der Waals surface area contributed by atoms with E-state index < -0.39 is 39.7 Å². The first-order valence-electron chi connectivity index (χ1n) is 6.40. The number of benzene rings is 1. The van der Waals surface area contributed by atoms with Gasteiger partial charge in [-0.25, -0.2) is 4.39 Å². The van der Waals surface area contributed by atoms with Crippen LogP contribution in [0.3, 0.4) is 0 Å². The van der Waals surface area contributed by atoms with Gasteiger partial charge in [0.2, 0.25) is 5.78 Å². The number of ether oxygens (including phenoxy) is 1. The summed E-state index contributed by atoms with van der Waals surface area (Å²) in [5, 5.41) is 11.4. The number of ketones is 1. The quantitative estimate of drug-likeness (QED) is 0.486. The smallest absolute Gasteiger partial charge is 0.406 e. The second-order valence-electron chi connectivity index (χ2n) is 4.94. The van der Waals surface area contributed by atoms with Crippen LogP contribution in [0.5, 0.6) is 5.75 Å². The predicted molar refractivity (Wildman–Crippen MR) is 65.2 cm³/mol. The van der Waals surface area contributed by atoms with Gasteiger partial charge in [-0.05, 0) is 31.0 Å². The Labute approximate surface area is 122 Å². The molecule has 1 aromatic rings. The number of rotatable bonds is 3. The van der Waals surface area contributed by atoms with Crippen LogP contribution in [0.2, 0.25) is 0 Å². The Bertz CT molecular complexity index is 617. The van der Waals surface area contributed by atoms with Crippen LogP contribution < -0.4 is 4.74 Å². The van der Waals surface area contributed by atoms with E-state index in [0.717, 1.165) is 0 Å². The van der Waals surface area contributed by atoms with Gasteiger partial charge in [0.15, 0.2) is 0 Å². The van der Waals surface area contributed by atoms with Crippen LogP contribution in [-0.2, 0) is 10.3 Å². The van der Waals surface area contributed by atoms with Crippen LogP contribution in [0.25, 0.3) is 0 Å². The highest BCUT2D eigenvalue weighted by molar-refractivity contribution is 5.89. The van der Waals surface area contributed by atoms with Crippen molar-refractivity contribution >= 4 is 5.78 Å². The molecule has 0 spiro atoms. The lowest BCUT2D eigenvalue weighted by Crippen LogP contribution is -2.46. The molecule has 0 aromatic heterocycles. The Morgan fingerprint density at radius 1 is 1.27 bits per heavy atom. The Balaban J connectivity index is 2.54. The molecule has 22 heavy (non-hydrogen) atoms. The summed E-state index contributed by atoms with van der Waals surface area (Å²) < 4.78 is 54.3. The number of carbonyl (C=O) groups excluding carboxylic acids is 1. The second kappa shape index (κ2) is 5.54. The van der Waals surface area contributed by atoms with Crippen molar-refractivity contribution in [3.63, 3.8) is 0 Å². The molecule has 0 N–H and O–H groups in total. The van der Waals surface area contributed by atoms with Gasteiger partial charge in [-0.3, -0.25) is 14.9 Å². The van der Waals surface area contributed by atoms with Crippen molar-refractivity contribution in [1.82, 2.24) is 0 Å². The fourth-order valence-electron chi connectivity index (χ4n) is 2.61. The Hall–Kier alpha value is -2.19. The molecule has 1 unspecified atom stereocenters. The number of carbonyl (C=O) groups is 1. The van der Waals surface area contributed by atoms with E-state index in [1.807, 2.05) is 0 Å². The number of hydrogen-bond donors (Lipinski definition) is 0. The minimum atomic E-state index is -5.02. The second-order valence-corrected chi connectivity index (χ2v) is 4.94. The molecular weight excluding hydrogens is 310 g/mol. The third-order valence-corrected chi connectivity index (χ3v) is 3.58. The van der Waals surface area contributed by atoms with E-state index in [1.165, 1.54) is 0 Å². The van der Waals surface area contributed by atoms with Gasteiger partial charge in [0.05, 0.1) is 5.56 Å². The monoisotopic (exact) mass is 321 g/mol. The first-order valence-corrected chi connectivity index (χ1v) is 6.40. The molecule has 120 valence electrons. The maximum atomic E-state index is 14.0. The van der Waals surface area contributed by atoms with Crippen LogP contribution in [0.1, 0.15) is 31.2 Å². The highest BCUT2D eigenvalue weighted by atomic mass is 19.4. The fraction of sp³-hybridized carbons (Fsp3) is 0.462. The van der Waals surface area contributed by atoms with Gasteiger partial charge in [0.1, 0.15) is 11.6 Å². The van der Waals surface area contributed by atoms with Gasteiger partial charge < -0.3 is 4.74 Å². The highest BCUT2D eigenvalue weighted by Crippen LogP contribution is 2.40. The van der Waals surface area contributed by atoms with E-state index >= 15 is 0 Å². The number of halogens is 4. The minimum absolute atomic E-state index is 0.120. The molecular formula is C13H11F4NO4. The number of Topliss-reactive ketones (excluding diaryl/α,β-unsaturated/α-hetero) is 1. The topological polar surface area (TPSA) is 69.4 Å². The van der Waals surface area contributed by atoms with Crippen molar-refractivity contribution in [2.45, 2.75) is 37.6 Å². The van der Waals surface area contributed by atoms with Gasteiger partial charge in [0.25, 0.3) is 0 Å². The number of nitrogens with zero attached hydrogens (tertiary/aromatic N) is 1. The van der Waals surface area contributed by atoms with Crippen molar-refractivity contribution in [3.8, 4) is 5.75 Å². The average molecular weight is 321 g/mol. The lowest BCUT2D eigenvalue weighted by Gasteiger charge is -2.28. The normalized spacial score (nSPS) is 22.5. The fourth-order valence-corrected chi connectivity index (χ4v) is 2.61. The summed E-state index contributed by atoms with van der Waals surface area (Å²) in [6.07, 6.45) is -4.67. The number of nitro groups is 1. The lowest BCUT2D eigenvalue weighted by molar-refractivity contribution is -0.563. The molecule has 5 nitrogen and oxygen atoms in total.